The lowest BCUT2D eigenvalue weighted by molar-refractivity contribution is -0.143. The minimum atomic E-state index is -4.90. The SMILES string of the molecule is O=C(O)c1cnn(-c2cccc(NC(=O)C3CCSCC3)c2)c1C(F)(F)F. The first-order valence-electron chi connectivity index (χ1n) is 8.15. The molecule has 0 radical (unpaired) electrons. The number of nitrogens with zero attached hydrogens (tertiary/aromatic N) is 2. The number of aromatic nitrogens is 2. The molecule has 1 aliphatic heterocycles. The molecule has 3 rings (SSSR count). The number of carbonyl (C=O) groups excluding carboxylic acids is 1. The van der Waals surface area contributed by atoms with E-state index in [0.29, 0.717) is 16.6 Å². The Morgan fingerprint density at radius 3 is 2.59 bits per heavy atom. The Morgan fingerprint density at radius 1 is 1.26 bits per heavy atom. The monoisotopic (exact) mass is 399 g/mol. The van der Waals surface area contributed by atoms with Crippen LogP contribution in [0.15, 0.2) is 30.5 Å². The molecule has 6 nitrogen and oxygen atoms in total. The topological polar surface area (TPSA) is 84.2 Å². The van der Waals surface area contributed by atoms with Crippen LogP contribution in [0.25, 0.3) is 5.69 Å². The maximum Gasteiger partial charge on any atom is 0.434 e. The molecular weight excluding hydrogens is 383 g/mol. The summed E-state index contributed by atoms with van der Waals surface area (Å²) in [6, 6.07) is 5.74. The number of carboxylic acid groups (broad SMARTS) is 1. The summed E-state index contributed by atoms with van der Waals surface area (Å²) in [6.45, 7) is 0. The van der Waals surface area contributed by atoms with Crippen LogP contribution in [0.1, 0.15) is 28.9 Å². The molecule has 1 aliphatic rings. The number of aromatic carboxylic acids is 1. The van der Waals surface area contributed by atoms with Crippen molar-refractivity contribution in [3.05, 3.63) is 41.7 Å². The smallest absolute Gasteiger partial charge is 0.434 e. The van der Waals surface area contributed by atoms with E-state index in [1.54, 1.807) is 17.8 Å². The van der Waals surface area contributed by atoms with Crippen LogP contribution >= 0.6 is 11.8 Å². The second-order valence-electron chi connectivity index (χ2n) is 6.05. The minimum absolute atomic E-state index is 0.00632. The number of hydrogen-bond acceptors (Lipinski definition) is 4. The number of benzene rings is 1. The molecule has 1 fully saturated rings. The van der Waals surface area contributed by atoms with E-state index in [1.165, 1.54) is 18.2 Å². The van der Waals surface area contributed by atoms with Crippen molar-refractivity contribution in [3.63, 3.8) is 0 Å². The summed E-state index contributed by atoms with van der Waals surface area (Å²) in [7, 11) is 0. The molecule has 0 saturated carbocycles. The fraction of sp³-hybridized carbons (Fsp3) is 0.353. The van der Waals surface area contributed by atoms with Gasteiger partial charge in [-0.05, 0) is 42.5 Å². The molecular formula is C17H16F3N3O3S. The maximum absolute atomic E-state index is 13.3. The van der Waals surface area contributed by atoms with Gasteiger partial charge in [0.2, 0.25) is 5.91 Å². The lowest BCUT2D eigenvalue weighted by Crippen LogP contribution is -2.26. The predicted molar refractivity (Wildman–Crippen MR) is 94.2 cm³/mol. The first-order chi connectivity index (χ1) is 12.8. The largest absolute Gasteiger partial charge is 0.478 e. The molecule has 0 bridgehead atoms. The molecule has 1 amide bonds. The lowest BCUT2D eigenvalue weighted by atomic mass is 10.0. The summed E-state index contributed by atoms with van der Waals surface area (Å²) in [5.41, 5.74) is -1.97. The zero-order chi connectivity index (χ0) is 19.6. The van der Waals surface area contributed by atoms with Crippen LogP contribution < -0.4 is 5.32 Å². The van der Waals surface area contributed by atoms with Crippen LogP contribution in [-0.4, -0.2) is 38.3 Å². The van der Waals surface area contributed by atoms with Crippen LogP contribution in [0.4, 0.5) is 18.9 Å². The van der Waals surface area contributed by atoms with Crippen LogP contribution in [0.5, 0.6) is 0 Å². The molecule has 0 aliphatic carbocycles. The van der Waals surface area contributed by atoms with Crippen molar-refractivity contribution in [2.24, 2.45) is 5.92 Å². The number of rotatable bonds is 4. The van der Waals surface area contributed by atoms with Gasteiger partial charge in [-0.3, -0.25) is 4.79 Å². The van der Waals surface area contributed by atoms with Crippen LogP contribution in [0.2, 0.25) is 0 Å². The Morgan fingerprint density at radius 2 is 1.96 bits per heavy atom. The highest BCUT2D eigenvalue weighted by molar-refractivity contribution is 7.99. The second-order valence-corrected chi connectivity index (χ2v) is 7.27. The Bertz CT molecular complexity index is 861. The van der Waals surface area contributed by atoms with Crippen LogP contribution in [0.3, 0.4) is 0 Å². The Balaban J connectivity index is 1.90. The third-order valence-electron chi connectivity index (χ3n) is 4.22. The number of halogens is 3. The molecule has 0 unspecified atom stereocenters. The predicted octanol–water partition coefficient (Wildman–Crippen LogP) is 3.67. The Labute approximate surface area is 156 Å². The highest BCUT2D eigenvalue weighted by Crippen LogP contribution is 2.34. The van der Waals surface area contributed by atoms with Crippen molar-refractivity contribution >= 4 is 29.3 Å². The average Bonchev–Trinajstić information content (AvgIpc) is 3.08. The Kier molecular flexibility index (Phi) is 5.45. The molecule has 27 heavy (non-hydrogen) atoms. The average molecular weight is 399 g/mol. The molecule has 144 valence electrons. The minimum Gasteiger partial charge on any atom is -0.478 e. The van der Waals surface area contributed by atoms with E-state index in [4.69, 9.17) is 5.11 Å². The maximum atomic E-state index is 13.3. The number of anilines is 1. The summed E-state index contributed by atoms with van der Waals surface area (Å²) in [5, 5.41) is 15.3. The summed E-state index contributed by atoms with van der Waals surface area (Å²) < 4.78 is 40.6. The van der Waals surface area contributed by atoms with E-state index in [-0.39, 0.29) is 17.5 Å². The number of carboxylic acids is 1. The number of alkyl halides is 3. The fourth-order valence-corrected chi connectivity index (χ4v) is 4.00. The van der Waals surface area contributed by atoms with E-state index in [0.717, 1.165) is 24.3 Å². The van der Waals surface area contributed by atoms with Crippen molar-refractivity contribution < 1.29 is 27.9 Å². The number of amides is 1. The highest BCUT2D eigenvalue weighted by atomic mass is 32.2. The van der Waals surface area contributed by atoms with Crippen LogP contribution in [-0.2, 0) is 11.0 Å². The molecule has 1 saturated heterocycles. The summed E-state index contributed by atoms with van der Waals surface area (Å²) >= 11 is 1.78. The van der Waals surface area contributed by atoms with E-state index in [2.05, 4.69) is 10.4 Å². The molecule has 10 heteroatoms. The quantitative estimate of drug-likeness (QED) is 0.820. The van der Waals surface area contributed by atoms with Gasteiger partial charge in [-0.25, -0.2) is 9.48 Å². The van der Waals surface area contributed by atoms with E-state index in [9.17, 15) is 22.8 Å². The van der Waals surface area contributed by atoms with Crippen molar-refractivity contribution in [3.8, 4) is 5.69 Å². The lowest BCUT2D eigenvalue weighted by Gasteiger charge is -2.20. The van der Waals surface area contributed by atoms with E-state index in [1.807, 2.05) is 0 Å². The highest BCUT2D eigenvalue weighted by Gasteiger charge is 2.40. The molecule has 0 spiro atoms. The van der Waals surface area contributed by atoms with Gasteiger partial charge in [0.15, 0.2) is 5.69 Å². The molecule has 1 aromatic carbocycles. The number of thioether (sulfide) groups is 1. The first-order valence-corrected chi connectivity index (χ1v) is 9.30. The van der Waals surface area contributed by atoms with Gasteiger partial charge in [-0.2, -0.15) is 30.0 Å². The van der Waals surface area contributed by atoms with Gasteiger partial charge in [-0.1, -0.05) is 6.07 Å². The number of nitrogens with one attached hydrogen (secondary N) is 1. The van der Waals surface area contributed by atoms with Gasteiger partial charge in [0.1, 0.15) is 5.56 Å². The van der Waals surface area contributed by atoms with Gasteiger partial charge >= 0.3 is 12.1 Å². The van der Waals surface area contributed by atoms with Gasteiger partial charge in [0.05, 0.1) is 11.9 Å². The Hall–Kier alpha value is -2.49. The summed E-state index contributed by atoms with van der Waals surface area (Å²) in [4.78, 5) is 23.4. The summed E-state index contributed by atoms with van der Waals surface area (Å²) in [5.74, 6) is -0.205. The van der Waals surface area contributed by atoms with Gasteiger partial charge in [0.25, 0.3) is 0 Å². The molecule has 1 aromatic heterocycles. The fourth-order valence-electron chi connectivity index (χ4n) is 2.89. The zero-order valence-electron chi connectivity index (χ0n) is 14.0. The van der Waals surface area contributed by atoms with Gasteiger partial charge in [-0.15, -0.1) is 0 Å². The standard InChI is InChI=1S/C17H16F3N3O3S/c18-17(19,20)14-13(16(25)26)9-21-23(14)12-3-1-2-11(8-12)22-15(24)10-4-6-27-7-5-10/h1-3,8-10H,4-7H2,(H,22,24)(H,25,26). The zero-order valence-corrected chi connectivity index (χ0v) is 14.8. The number of hydrogen-bond donors (Lipinski definition) is 2. The van der Waals surface area contributed by atoms with Crippen LogP contribution in [0, 0.1) is 5.92 Å². The van der Waals surface area contributed by atoms with Crippen molar-refractivity contribution in [1.82, 2.24) is 9.78 Å². The van der Waals surface area contributed by atoms with E-state index < -0.39 is 23.4 Å². The summed E-state index contributed by atoms with van der Waals surface area (Å²) in [6.07, 6.45) is -2.72. The molecule has 0 atom stereocenters. The normalized spacial score (nSPS) is 15.5. The van der Waals surface area contributed by atoms with Gasteiger partial charge < -0.3 is 10.4 Å². The molecule has 2 heterocycles. The number of carbonyl (C=O) groups is 2. The third-order valence-corrected chi connectivity index (χ3v) is 5.27. The molecule has 2 aromatic rings. The first kappa shape index (κ1) is 19.3. The van der Waals surface area contributed by atoms with Crippen molar-refractivity contribution in [2.45, 2.75) is 19.0 Å². The van der Waals surface area contributed by atoms with Crippen molar-refractivity contribution in [2.75, 3.05) is 16.8 Å². The third kappa shape index (κ3) is 4.26. The van der Waals surface area contributed by atoms with Gasteiger partial charge in [0, 0.05) is 11.6 Å². The van der Waals surface area contributed by atoms with Crippen molar-refractivity contribution in [1.29, 1.82) is 0 Å². The molecule has 2 N–H and O–H groups in total. The second kappa shape index (κ2) is 7.63. The van der Waals surface area contributed by atoms with E-state index >= 15 is 0 Å².